The van der Waals surface area contributed by atoms with Crippen LogP contribution in [0.1, 0.15) is 78.0 Å². The van der Waals surface area contributed by atoms with Gasteiger partial charge < -0.3 is 14.7 Å². The number of piperidine rings is 1. The number of likely N-dealkylation sites (tertiary alicyclic amines) is 1. The molecule has 1 fully saturated rings. The molecule has 152 valence electrons. The summed E-state index contributed by atoms with van der Waals surface area (Å²) < 4.78 is 5.23. The molecule has 1 aromatic rings. The molecule has 4 heteroatoms. The lowest BCUT2D eigenvalue weighted by Crippen LogP contribution is -3.12. The highest BCUT2D eigenvalue weighted by Crippen LogP contribution is 2.37. The largest absolute Gasteiger partial charge is 0.507 e. The first-order valence-electron chi connectivity index (χ1n) is 10.3. The Morgan fingerprint density at radius 1 is 1.19 bits per heavy atom. The van der Waals surface area contributed by atoms with E-state index < -0.39 is 0 Å². The molecule has 1 aliphatic rings. The first kappa shape index (κ1) is 21.7. The Kier molecular flexibility index (Phi) is 6.62. The van der Waals surface area contributed by atoms with Crippen LogP contribution in [0.5, 0.6) is 5.75 Å². The maximum Gasteiger partial charge on any atom is 0.314 e. The van der Waals surface area contributed by atoms with Gasteiger partial charge in [-0.25, -0.2) is 0 Å². The number of aromatic hydroxyl groups is 1. The van der Waals surface area contributed by atoms with Crippen LogP contribution in [-0.4, -0.2) is 30.8 Å². The van der Waals surface area contributed by atoms with Crippen molar-refractivity contribution in [1.29, 1.82) is 0 Å². The van der Waals surface area contributed by atoms with Crippen LogP contribution in [0.2, 0.25) is 0 Å². The van der Waals surface area contributed by atoms with Crippen LogP contribution >= 0.6 is 0 Å². The van der Waals surface area contributed by atoms with Crippen molar-refractivity contribution in [1.82, 2.24) is 0 Å². The zero-order chi connectivity index (χ0) is 20.4. The smallest absolute Gasteiger partial charge is 0.314 e. The molecule has 0 spiro atoms. The fourth-order valence-corrected chi connectivity index (χ4v) is 3.88. The second-order valence-corrected chi connectivity index (χ2v) is 10.0. The number of rotatable bonds is 4. The second kappa shape index (κ2) is 8.22. The molecule has 2 atom stereocenters. The van der Waals surface area contributed by atoms with Crippen molar-refractivity contribution in [2.45, 2.75) is 78.7 Å². The van der Waals surface area contributed by atoms with E-state index in [2.05, 4.69) is 53.7 Å². The molecule has 4 nitrogen and oxygen atoms in total. The highest BCUT2D eigenvalue weighted by Gasteiger charge is 2.31. The first-order valence-corrected chi connectivity index (χ1v) is 10.3. The van der Waals surface area contributed by atoms with E-state index in [4.69, 9.17) is 4.74 Å². The normalized spacial score (nSPS) is 21.1. The third kappa shape index (κ3) is 5.47. The fourth-order valence-electron chi connectivity index (χ4n) is 3.88. The highest BCUT2D eigenvalue weighted by molar-refractivity contribution is 5.72. The second-order valence-electron chi connectivity index (χ2n) is 10.0. The van der Waals surface area contributed by atoms with Gasteiger partial charge in [0.05, 0.1) is 19.7 Å². The number of phenolic OH excluding ortho intramolecular Hbond substituents is 1. The molecule has 1 aliphatic heterocycles. The van der Waals surface area contributed by atoms with Crippen molar-refractivity contribution >= 4 is 5.97 Å². The Morgan fingerprint density at radius 3 is 2.41 bits per heavy atom. The summed E-state index contributed by atoms with van der Waals surface area (Å²) in [6.45, 7) is 17.9. The van der Waals surface area contributed by atoms with Gasteiger partial charge in [-0.15, -0.1) is 0 Å². The average molecular weight is 377 g/mol. The lowest BCUT2D eigenvalue weighted by Gasteiger charge is -2.31. The topological polar surface area (TPSA) is 51.0 Å². The van der Waals surface area contributed by atoms with E-state index in [0.717, 1.165) is 43.6 Å². The van der Waals surface area contributed by atoms with Crippen LogP contribution < -0.4 is 4.90 Å². The van der Waals surface area contributed by atoms with Gasteiger partial charge in [-0.2, -0.15) is 0 Å². The number of quaternary nitrogens is 1. The average Bonchev–Trinajstić information content (AvgIpc) is 2.55. The van der Waals surface area contributed by atoms with Crippen molar-refractivity contribution in [3.63, 3.8) is 0 Å². The molecule has 0 saturated carbocycles. The van der Waals surface area contributed by atoms with Crippen LogP contribution in [0.25, 0.3) is 0 Å². The maximum absolute atomic E-state index is 12.1. The summed E-state index contributed by atoms with van der Waals surface area (Å²) in [5, 5.41) is 11.0. The van der Waals surface area contributed by atoms with Gasteiger partial charge >= 0.3 is 5.97 Å². The lowest BCUT2D eigenvalue weighted by molar-refractivity contribution is -0.921. The molecule has 1 aromatic carbocycles. The quantitative estimate of drug-likeness (QED) is 0.793. The molecule has 27 heavy (non-hydrogen) atoms. The Hall–Kier alpha value is -1.55. The zero-order valence-electron chi connectivity index (χ0n) is 18.2. The number of benzene rings is 1. The van der Waals surface area contributed by atoms with Crippen molar-refractivity contribution < 1.29 is 19.5 Å². The zero-order valence-corrected chi connectivity index (χ0v) is 18.2. The summed E-state index contributed by atoms with van der Waals surface area (Å²) in [5.74, 6) is 0.322. The molecule has 1 saturated heterocycles. The van der Waals surface area contributed by atoms with Crippen molar-refractivity contribution in [2.24, 2.45) is 5.92 Å². The number of hydrogen-bond donors (Lipinski definition) is 2. The lowest BCUT2D eigenvalue weighted by atomic mass is 9.79. The van der Waals surface area contributed by atoms with E-state index in [0.29, 0.717) is 12.4 Å². The summed E-state index contributed by atoms with van der Waals surface area (Å²) >= 11 is 0. The fraction of sp³-hybridized carbons (Fsp3) is 0.696. The van der Waals surface area contributed by atoms with E-state index in [-0.39, 0.29) is 22.7 Å². The number of carbonyl (C=O) groups is 1. The highest BCUT2D eigenvalue weighted by atomic mass is 16.5. The number of nitrogens with one attached hydrogen (secondary N) is 1. The van der Waals surface area contributed by atoms with Gasteiger partial charge in [0.2, 0.25) is 0 Å². The SMILES string of the molecule is CCOC(=O)[C@H]1CCC[NH+](Cc2cc(C(C)(C)C)cc(C(C)(C)C)c2O)C1. The third-order valence-corrected chi connectivity index (χ3v) is 5.54. The number of phenols is 1. The maximum atomic E-state index is 12.1. The summed E-state index contributed by atoms with van der Waals surface area (Å²) in [7, 11) is 0. The molecule has 2 rings (SSSR count). The standard InChI is InChI=1S/C23H37NO3/c1-8-27-21(26)16-10-9-11-24(14-16)15-17-12-18(22(2,3)4)13-19(20(17)25)23(5,6)7/h12-13,16,25H,8-11,14-15H2,1-7H3/p+1/t16-/m0/s1. The van der Waals surface area contributed by atoms with Crippen LogP contribution in [0.4, 0.5) is 0 Å². The third-order valence-electron chi connectivity index (χ3n) is 5.54. The molecule has 1 heterocycles. The molecular weight excluding hydrogens is 338 g/mol. The number of hydrogen-bond acceptors (Lipinski definition) is 3. The van der Waals surface area contributed by atoms with Crippen LogP contribution in [0.15, 0.2) is 12.1 Å². The molecule has 0 bridgehead atoms. The molecule has 0 aromatic heterocycles. The van der Waals surface area contributed by atoms with E-state index in [1.54, 1.807) is 0 Å². The van der Waals surface area contributed by atoms with Gasteiger partial charge in [-0.05, 0) is 42.2 Å². The molecule has 0 aliphatic carbocycles. The summed E-state index contributed by atoms with van der Waals surface area (Å²) in [6.07, 6.45) is 1.92. The summed E-state index contributed by atoms with van der Waals surface area (Å²) in [6, 6.07) is 4.32. The van der Waals surface area contributed by atoms with E-state index in [9.17, 15) is 9.90 Å². The van der Waals surface area contributed by atoms with E-state index in [1.807, 2.05) is 6.92 Å². The van der Waals surface area contributed by atoms with Crippen molar-refractivity contribution in [3.8, 4) is 5.75 Å². The van der Waals surface area contributed by atoms with Crippen LogP contribution in [0, 0.1) is 5.92 Å². The Balaban J connectivity index is 2.30. The predicted molar refractivity (Wildman–Crippen MR) is 109 cm³/mol. The molecular formula is C23H38NO3+. The molecule has 0 amide bonds. The van der Waals surface area contributed by atoms with Crippen LogP contribution in [0.3, 0.4) is 0 Å². The minimum atomic E-state index is -0.120. The van der Waals surface area contributed by atoms with Crippen LogP contribution in [-0.2, 0) is 26.9 Å². The number of carbonyl (C=O) groups excluding carboxylic acids is 1. The van der Waals surface area contributed by atoms with Gasteiger partial charge in [0.1, 0.15) is 18.2 Å². The van der Waals surface area contributed by atoms with E-state index >= 15 is 0 Å². The summed E-state index contributed by atoms with van der Waals surface area (Å²) in [4.78, 5) is 13.5. The van der Waals surface area contributed by atoms with Crippen molar-refractivity contribution in [2.75, 3.05) is 19.7 Å². The monoisotopic (exact) mass is 376 g/mol. The minimum absolute atomic E-state index is 0.0210. The molecule has 0 radical (unpaired) electrons. The number of esters is 1. The van der Waals surface area contributed by atoms with Gasteiger partial charge in [-0.1, -0.05) is 47.6 Å². The Morgan fingerprint density at radius 2 is 1.85 bits per heavy atom. The Labute approximate surface area is 164 Å². The Bertz CT molecular complexity index is 667. The molecule has 1 unspecified atom stereocenters. The van der Waals surface area contributed by atoms with Gasteiger partial charge in [0.25, 0.3) is 0 Å². The minimum Gasteiger partial charge on any atom is -0.507 e. The molecule has 2 N–H and O–H groups in total. The van der Waals surface area contributed by atoms with Gasteiger partial charge in [-0.3, -0.25) is 4.79 Å². The van der Waals surface area contributed by atoms with Gasteiger partial charge in [0.15, 0.2) is 0 Å². The van der Waals surface area contributed by atoms with Crippen molar-refractivity contribution in [3.05, 3.63) is 28.8 Å². The first-order chi connectivity index (χ1) is 12.4. The van der Waals surface area contributed by atoms with Gasteiger partial charge in [0, 0.05) is 11.1 Å². The summed E-state index contributed by atoms with van der Waals surface area (Å²) in [5.41, 5.74) is 3.14. The van der Waals surface area contributed by atoms with E-state index in [1.165, 1.54) is 10.5 Å². The number of ether oxygens (including phenoxy) is 1. The predicted octanol–water partition coefficient (Wildman–Crippen LogP) is 3.35.